The lowest BCUT2D eigenvalue weighted by Crippen LogP contribution is -2.49. The maximum absolute atomic E-state index is 5.64. The first-order valence-electron chi connectivity index (χ1n) is 6.25. The summed E-state index contributed by atoms with van der Waals surface area (Å²) in [4.78, 5) is 0. The number of hydrogen-bond donors (Lipinski definition) is 1. The van der Waals surface area contributed by atoms with E-state index in [0.29, 0.717) is 6.61 Å². The topological polar surface area (TPSA) is 30.5 Å². The molecule has 0 aromatic heterocycles. The Morgan fingerprint density at radius 1 is 1.41 bits per heavy atom. The largest absolute Gasteiger partial charge is 0.492 e. The highest BCUT2D eigenvalue weighted by atomic mass is 16.5. The van der Waals surface area contributed by atoms with Gasteiger partial charge in [-0.1, -0.05) is 18.2 Å². The van der Waals surface area contributed by atoms with Crippen LogP contribution in [0.15, 0.2) is 30.3 Å². The summed E-state index contributed by atoms with van der Waals surface area (Å²) in [6, 6.07) is 9.91. The van der Waals surface area contributed by atoms with E-state index < -0.39 is 0 Å². The average molecular weight is 235 g/mol. The highest BCUT2D eigenvalue weighted by Crippen LogP contribution is 2.24. The summed E-state index contributed by atoms with van der Waals surface area (Å²) in [7, 11) is 0. The Balaban J connectivity index is 1.70. The lowest BCUT2D eigenvalue weighted by Gasteiger charge is -2.29. The summed E-state index contributed by atoms with van der Waals surface area (Å²) in [6.07, 6.45) is 1.35. The van der Waals surface area contributed by atoms with Gasteiger partial charge in [0.25, 0.3) is 0 Å². The van der Waals surface area contributed by atoms with Crippen molar-refractivity contribution in [3.05, 3.63) is 30.3 Å². The molecule has 1 N–H and O–H groups in total. The van der Waals surface area contributed by atoms with E-state index in [-0.39, 0.29) is 11.6 Å². The fourth-order valence-electron chi connectivity index (χ4n) is 2.09. The van der Waals surface area contributed by atoms with Crippen molar-refractivity contribution >= 4 is 0 Å². The minimum absolute atomic E-state index is 0.0973. The number of rotatable bonds is 5. The van der Waals surface area contributed by atoms with Crippen molar-refractivity contribution in [2.75, 3.05) is 19.8 Å². The van der Waals surface area contributed by atoms with Crippen LogP contribution in [0, 0.1) is 0 Å². The number of ether oxygens (including phenoxy) is 2. The SMILES string of the molecule is C[C@H]1OCC[C@@]1(C)NCCOc1ccccc1. The van der Waals surface area contributed by atoms with Crippen molar-refractivity contribution in [1.29, 1.82) is 0 Å². The molecule has 0 saturated carbocycles. The minimum atomic E-state index is 0.0973. The van der Waals surface area contributed by atoms with Gasteiger partial charge in [-0.3, -0.25) is 0 Å². The Morgan fingerprint density at radius 3 is 2.82 bits per heavy atom. The van der Waals surface area contributed by atoms with E-state index in [0.717, 1.165) is 25.3 Å². The van der Waals surface area contributed by atoms with Gasteiger partial charge >= 0.3 is 0 Å². The summed E-state index contributed by atoms with van der Waals surface area (Å²) in [5.41, 5.74) is 0.0973. The molecule has 2 rings (SSSR count). The van der Waals surface area contributed by atoms with Crippen molar-refractivity contribution in [3.8, 4) is 5.75 Å². The molecule has 94 valence electrons. The molecular weight excluding hydrogens is 214 g/mol. The molecule has 17 heavy (non-hydrogen) atoms. The summed E-state index contributed by atoms with van der Waals surface area (Å²) >= 11 is 0. The first-order chi connectivity index (χ1) is 8.21. The van der Waals surface area contributed by atoms with Crippen LogP contribution in [0.2, 0.25) is 0 Å². The summed E-state index contributed by atoms with van der Waals surface area (Å²) in [5.74, 6) is 0.926. The first kappa shape index (κ1) is 12.4. The number of hydrogen-bond acceptors (Lipinski definition) is 3. The number of benzene rings is 1. The van der Waals surface area contributed by atoms with E-state index in [1.54, 1.807) is 0 Å². The fourth-order valence-corrected chi connectivity index (χ4v) is 2.09. The lowest BCUT2D eigenvalue weighted by molar-refractivity contribution is 0.0872. The van der Waals surface area contributed by atoms with Crippen LogP contribution in [0.4, 0.5) is 0 Å². The predicted molar refractivity (Wildman–Crippen MR) is 68.4 cm³/mol. The summed E-state index contributed by atoms with van der Waals surface area (Å²) in [5, 5.41) is 3.53. The molecule has 0 unspecified atom stereocenters. The third-order valence-corrected chi connectivity index (χ3v) is 3.53. The second kappa shape index (κ2) is 5.52. The summed E-state index contributed by atoms with van der Waals surface area (Å²) in [6.45, 7) is 6.72. The molecule has 3 nitrogen and oxygen atoms in total. The molecule has 0 amide bonds. The molecule has 2 atom stereocenters. The van der Waals surface area contributed by atoms with Gasteiger partial charge in [0.2, 0.25) is 0 Å². The average Bonchev–Trinajstić information content (AvgIpc) is 2.67. The Labute approximate surface area is 103 Å². The molecule has 1 aliphatic rings. The lowest BCUT2D eigenvalue weighted by atomic mass is 9.95. The highest BCUT2D eigenvalue weighted by molar-refractivity contribution is 5.20. The van der Waals surface area contributed by atoms with Crippen molar-refractivity contribution in [2.24, 2.45) is 0 Å². The zero-order valence-corrected chi connectivity index (χ0v) is 10.6. The van der Waals surface area contributed by atoms with Crippen molar-refractivity contribution < 1.29 is 9.47 Å². The van der Waals surface area contributed by atoms with Crippen molar-refractivity contribution in [2.45, 2.75) is 31.9 Å². The molecule has 1 saturated heterocycles. The quantitative estimate of drug-likeness (QED) is 0.794. The van der Waals surface area contributed by atoms with Gasteiger partial charge in [0, 0.05) is 18.7 Å². The molecular formula is C14H21NO2. The zero-order chi connectivity index (χ0) is 12.1. The van der Waals surface area contributed by atoms with Gasteiger partial charge in [0.05, 0.1) is 6.10 Å². The Hall–Kier alpha value is -1.06. The second-order valence-electron chi connectivity index (χ2n) is 4.77. The van der Waals surface area contributed by atoms with E-state index in [1.165, 1.54) is 0 Å². The molecule has 1 aromatic carbocycles. The molecule has 1 aromatic rings. The highest BCUT2D eigenvalue weighted by Gasteiger charge is 2.36. The van der Waals surface area contributed by atoms with Crippen LogP contribution in [-0.2, 0) is 4.74 Å². The van der Waals surface area contributed by atoms with Crippen LogP contribution in [0.5, 0.6) is 5.75 Å². The third-order valence-electron chi connectivity index (χ3n) is 3.53. The summed E-state index contributed by atoms with van der Waals surface area (Å²) < 4.78 is 11.2. The molecule has 1 heterocycles. The van der Waals surface area contributed by atoms with E-state index >= 15 is 0 Å². The normalized spacial score (nSPS) is 28.2. The van der Waals surface area contributed by atoms with Crippen LogP contribution in [-0.4, -0.2) is 31.4 Å². The molecule has 0 spiro atoms. The van der Waals surface area contributed by atoms with Crippen molar-refractivity contribution in [1.82, 2.24) is 5.32 Å². The van der Waals surface area contributed by atoms with Crippen LogP contribution < -0.4 is 10.1 Å². The maximum atomic E-state index is 5.64. The molecule has 3 heteroatoms. The van der Waals surface area contributed by atoms with E-state index in [4.69, 9.17) is 9.47 Å². The van der Waals surface area contributed by atoms with Gasteiger partial charge in [0.1, 0.15) is 12.4 Å². The first-order valence-corrected chi connectivity index (χ1v) is 6.25. The molecule has 0 bridgehead atoms. The van der Waals surface area contributed by atoms with Crippen LogP contribution in [0.1, 0.15) is 20.3 Å². The molecule has 0 radical (unpaired) electrons. The fraction of sp³-hybridized carbons (Fsp3) is 0.571. The number of nitrogens with one attached hydrogen (secondary N) is 1. The van der Waals surface area contributed by atoms with Gasteiger partial charge in [-0.2, -0.15) is 0 Å². The Morgan fingerprint density at radius 2 is 2.18 bits per heavy atom. The smallest absolute Gasteiger partial charge is 0.119 e. The van der Waals surface area contributed by atoms with Gasteiger partial charge in [-0.15, -0.1) is 0 Å². The van der Waals surface area contributed by atoms with Gasteiger partial charge in [-0.05, 0) is 32.4 Å². The maximum Gasteiger partial charge on any atom is 0.119 e. The van der Waals surface area contributed by atoms with Crippen LogP contribution in [0.3, 0.4) is 0 Å². The minimum Gasteiger partial charge on any atom is -0.492 e. The monoisotopic (exact) mass is 235 g/mol. The van der Waals surface area contributed by atoms with Gasteiger partial charge in [0.15, 0.2) is 0 Å². The molecule has 0 aliphatic carbocycles. The van der Waals surface area contributed by atoms with E-state index in [2.05, 4.69) is 19.2 Å². The number of para-hydroxylation sites is 1. The molecule has 1 fully saturated rings. The van der Waals surface area contributed by atoms with Gasteiger partial charge in [-0.25, -0.2) is 0 Å². The standard InChI is InChI=1S/C14H21NO2/c1-12-14(2,8-10-16-12)15-9-11-17-13-6-4-3-5-7-13/h3-7,12,15H,8-11H2,1-2H3/t12-,14-/m1/s1. The van der Waals surface area contributed by atoms with Crippen LogP contribution >= 0.6 is 0 Å². The zero-order valence-electron chi connectivity index (χ0n) is 10.6. The van der Waals surface area contributed by atoms with Crippen molar-refractivity contribution in [3.63, 3.8) is 0 Å². The van der Waals surface area contributed by atoms with Gasteiger partial charge < -0.3 is 14.8 Å². The Bertz CT molecular complexity index is 341. The van der Waals surface area contributed by atoms with E-state index in [9.17, 15) is 0 Å². The van der Waals surface area contributed by atoms with Crippen LogP contribution in [0.25, 0.3) is 0 Å². The molecule has 1 aliphatic heterocycles. The third kappa shape index (κ3) is 3.20. The Kier molecular flexibility index (Phi) is 4.02. The second-order valence-corrected chi connectivity index (χ2v) is 4.77. The predicted octanol–water partition coefficient (Wildman–Crippen LogP) is 2.22. The van der Waals surface area contributed by atoms with E-state index in [1.807, 2.05) is 30.3 Å².